The first-order valence-electron chi connectivity index (χ1n) is 9.48. The van der Waals surface area contributed by atoms with E-state index in [-0.39, 0.29) is 16.7 Å². The van der Waals surface area contributed by atoms with Crippen LogP contribution < -0.4 is 5.32 Å². The molecule has 2 aromatic rings. The van der Waals surface area contributed by atoms with Gasteiger partial charge in [-0.1, -0.05) is 12.1 Å². The summed E-state index contributed by atoms with van der Waals surface area (Å²) in [6.07, 6.45) is 2.05. The fourth-order valence-electron chi connectivity index (χ4n) is 3.10. The third kappa shape index (κ3) is 5.02. The predicted octanol–water partition coefficient (Wildman–Crippen LogP) is 2.35. The van der Waals surface area contributed by atoms with Crippen molar-refractivity contribution in [3.63, 3.8) is 0 Å². The van der Waals surface area contributed by atoms with Gasteiger partial charge in [-0.05, 0) is 54.8 Å². The number of hydrogen-bond acceptors (Lipinski definition) is 4. The van der Waals surface area contributed by atoms with E-state index in [0.29, 0.717) is 30.8 Å². The van der Waals surface area contributed by atoms with Crippen molar-refractivity contribution >= 4 is 27.5 Å². The van der Waals surface area contributed by atoms with Gasteiger partial charge in [-0.2, -0.15) is 4.31 Å². The molecule has 0 aromatic heterocycles. The SMILES string of the molecule is CN(C)C(=O)Cc1ccc(NC(=O)c2ccc(S(=O)(=O)N3CCCC3)cc2)cc1. The molecule has 0 unspecified atom stereocenters. The third-order valence-corrected chi connectivity index (χ3v) is 6.80. The van der Waals surface area contributed by atoms with Crippen LogP contribution in [-0.2, 0) is 21.2 Å². The Hall–Kier alpha value is -2.71. The highest BCUT2D eigenvalue weighted by Gasteiger charge is 2.27. The molecule has 0 radical (unpaired) electrons. The number of likely N-dealkylation sites (N-methyl/N-ethyl adjacent to an activating group) is 1. The van der Waals surface area contributed by atoms with Gasteiger partial charge in [-0.25, -0.2) is 8.42 Å². The molecule has 0 atom stereocenters. The maximum absolute atomic E-state index is 12.6. The molecule has 1 aliphatic heterocycles. The van der Waals surface area contributed by atoms with Crippen LogP contribution >= 0.6 is 0 Å². The van der Waals surface area contributed by atoms with E-state index in [4.69, 9.17) is 0 Å². The van der Waals surface area contributed by atoms with Gasteiger partial charge in [0.25, 0.3) is 5.91 Å². The molecular weight excluding hydrogens is 390 g/mol. The maximum atomic E-state index is 12.6. The lowest BCUT2D eigenvalue weighted by Crippen LogP contribution is -2.27. The molecule has 29 heavy (non-hydrogen) atoms. The number of nitrogens with zero attached hydrogens (tertiary/aromatic N) is 2. The molecule has 3 rings (SSSR count). The molecule has 0 aliphatic carbocycles. The number of amides is 2. The Labute approximate surface area is 171 Å². The van der Waals surface area contributed by atoms with Gasteiger partial charge in [0.2, 0.25) is 15.9 Å². The highest BCUT2D eigenvalue weighted by Crippen LogP contribution is 2.21. The van der Waals surface area contributed by atoms with Gasteiger partial charge >= 0.3 is 0 Å². The predicted molar refractivity (Wildman–Crippen MR) is 111 cm³/mol. The third-order valence-electron chi connectivity index (χ3n) is 4.89. The molecule has 2 aromatic carbocycles. The largest absolute Gasteiger partial charge is 0.349 e. The minimum Gasteiger partial charge on any atom is -0.349 e. The van der Waals surface area contributed by atoms with E-state index < -0.39 is 10.0 Å². The van der Waals surface area contributed by atoms with Crippen LogP contribution in [-0.4, -0.2) is 56.6 Å². The molecule has 7 nitrogen and oxygen atoms in total. The number of carbonyl (C=O) groups is 2. The molecule has 1 saturated heterocycles. The molecular formula is C21H25N3O4S. The molecule has 154 valence electrons. The van der Waals surface area contributed by atoms with Crippen molar-refractivity contribution in [3.8, 4) is 0 Å². The molecule has 1 N–H and O–H groups in total. The number of hydrogen-bond donors (Lipinski definition) is 1. The van der Waals surface area contributed by atoms with Crippen LogP contribution in [0.4, 0.5) is 5.69 Å². The zero-order valence-corrected chi connectivity index (χ0v) is 17.4. The zero-order valence-electron chi connectivity index (χ0n) is 16.6. The molecule has 1 fully saturated rings. The summed E-state index contributed by atoms with van der Waals surface area (Å²) in [5.74, 6) is -0.321. The minimum atomic E-state index is -3.49. The first kappa shape index (κ1) is 21.0. The highest BCUT2D eigenvalue weighted by atomic mass is 32.2. The molecule has 0 spiro atoms. The molecule has 2 amide bonds. The summed E-state index contributed by atoms with van der Waals surface area (Å²) >= 11 is 0. The Kier molecular flexibility index (Phi) is 6.34. The van der Waals surface area contributed by atoms with E-state index >= 15 is 0 Å². The van der Waals surface area contributed by atoms with Crippen molar-refractivity contribution in [2.45, 2.75) is 24.2 Å². The first-order chi connectivity index (χ1) is 13.8. The minimum absolute atomic E-state index is 0.00533. The van der Waals surface area contributed by atoms with Crippen LogP contribution in [0.5, 0.6) is 0 Å². The Morgan fingerprint density at radius 2 is 1.55 bits per heavy atom. The van der Waals surface area contributed by atoms with Gasteiger partial charge in [0.1, 0.15) is 0 Å². The van der Waals surface area contributed by atoms with Crippen LogP contribution in [0.3, 0.4) is 0 Å². The van der Waals surface area contributed by atoms with E-state index in [2.05, 4.69) is 5.32 Å². The average molecular weight is 416 g/mol. The molecule has 1 heterocycles. The van der Waals surface area contributed by atoms with Crippen molar-refractivity contribution in [2.24, 2.45) is 0 Å². The normalized spacial score (nSPS) is 14.6. The monoisotopic (exact) mass is 415 g/mol. The zero-order chi connectivity index (χ0) is 21.0. The van der Waals surface area contributed by atoms with Crippen LogP contribution in [0.25, 0.3) is 0 Å². The Morgan fingerprint density at radius 3 is 2.10 bits per heavy atom. The number of rotatable bonds is 6. The first-order valence-corrected chi connectivity index (χ1v) is 10.9. The summed E-state index contributed by atoms with van der Waals surface area (Å²) in [7, 11) is -0.0765. The van der Waals surface area contributed by atoms with E-state index in [1.807, 2.05) is 0 Å². The van der Waals surface area contributed by atoms with E-state index in [1.165, 1.54) is 33.5 Å². The summed E-state index contributed by atoms with van der Waals surface area (Å²) in [4.78, 5) is 25.9. The highest BCUT2D eigenvalue weighted by molar-refractivity contribution is 7.89. The van der Waals surface area contributed by atoms with Gasteiger partial charge in [-0.3, -0.25) is 9.59 Å². The van der Waals surface area contributed by atoms with Crippen molar-refractivity contribution in [1.29, 1.82) is 0 Å². The van der Waals surface area contributed by atoms with Crippen molar-refractivity contribution in [1.82, 2.24) is 9.21 Å². The smallest absolute Gasteiger partial charge is 0.255 e. The lowest BCUT2D eigenvalue weighted by molar-refractivity contribution is -0.127. The lowest BCUT2D eigenvalue weighted by atomic mass is 10.1. The second-order valence-electron chi connectivity index (χ2n) is 7.25. The molecule has 0 saturated carbocycles. The fraction of sp³-hybridized carbons (Fsp3) is 0.333. The van der Waals surface area contributed by atoms with Crippen LogP contribution in [0, 0.1) is 0 Å². The molecule has 8 heteroatoms. The number of nitrogens with one attached hydrogen (secondary N) is 1. The molecule has 0 bridgehead atoms. The van der Waals surface area contributed by atoms with Crippen molar-refractivity contribution in [3.05, 3.63) is 59.7 Å². The quantitative estimate of drug-likeness (QED) is 0.785. The van der Waals surface area contributed by atoms with Crippen molar-refractivity contribution < 1.29 is 18.0 Å². The van der Waals surface area contributed by atoms with Crippen LogP contribution in [0.15, 0.2) is 53.4 Å². The Bertz CT molecular complexity index is 978. The van der Waals surface area contributed by atoms with Gasteiger partial charge in [0.15, 0.2) is 0 Å². The number of benzene rings is 2. The lowest BCUT2D eigenvalue weighted by Gasteiger charge is -2.15. The summed E-state index contributed by atoms with van der Waals surface area (Å²) in [6.45, 7) is 1.08. The van der Waals surface area contributed by atoms with E-state index in [1.54, 1.807) is 38.4 Å². The van der Waals surface area contributed by atoms with Crippen LogP contribution in [0.1, 0.15) is 28.8 Å². The summed E-state index contributed by atoms with van der Waals surface area (Å²) in [5.41, 5.74) is 1.83. The summed E-state index contributed by atoms with van der Waals surface area (Å²) in [6, 6.07) is 13.0. The van der Waals surface area contributed by atoms with Crippen LogP contribution in [0.2, 0.25) is 0 Å². The summed E-state index contributed by atoms with van der Waals surface area (Å²) < 4.78 is 26.6. The Balaban J connectivity index is 1.64. The van der Waals surface area contributed by atoms with Gasteiger partial charge in [0.05, 0.1) is 11.3 Å². The average Bonchev–Trinajstić information content (AvgIpc) is 3.25. The second kappa shape index (κ2) is 8.75. The van der Waals surface area contributed by atoms with E-state index in [0.717, 1.165) is 18.4 Å². The van der Waals surface area contributed by atoms with Gasteiger partial charge in [-0.15, -0.1) is 0 Å². The Morgan fingerprint density at radius 1 is 0.966 bits per heavy atom. The van der Waals surface area contributed by atoms with Gasteiger partial charge in [0, 0.05) is 38.4 Å². The fourth-order valence-corrected chi connectivity index (χ4v) is 4.61. The summed E-state index contributed by atoms with van der Waals surface area (Å²) in [5, 5.41) is 2.78. The van der Waals surface area contributed by atoms with E-state index in [9.17, 15) is 18.0 Å². The topological polar surface area (TPSA) is 86.8 Å². The van der Waals surface area contributed by atoms with Gasteiger partial charge < -0.3 is 10.2 Å². The number of anilines is 1. The standard InChI is InChI=1S/C21H25N3O4S/c1-23(2)20(25)15-16-5-9-18(10-6-16)22-21(26)17-7-11-19(12-8-17)29(27,28)24-13-3-4-14-24/h5-12H,3-4,13-15H2,1-2H3,(H,22,26). The maximum Gasteiger partial charge on any atom is 0.255 e. The number of carbonyl (C=O) groups excluding carboxylic acids is 2. The molecule has 1 aliphatic rings. The second-order valence-corrected chi connectivity index (χ2v) is 9.19. The van der Waals surface area contributed by atoms with Crippen molar-refractivity contribution in [2.75, 3.05) is 32.5 Å². The number of sulfonamides is 1.